The number of ether oxygens (including phenoxy) is 1. The maximum atomic E-state index is 12.2. The molecule has 0 aliphatic carbocycles. The second-order valence-corrected chi connectivity index (χ2v) is 5.75. The molecule has 104 valence electrons. The highest BCUT2D eigenvalue weighted by atomic mass is 16.5. The maximum Gasteiger partial charge on any atom is 0.358 e. The van der Waals surface area contributed by atoms with Crippen molar-refractivity contribution in [3.05, 3.63) is 17.0 Å². The van der Waals surface area contributed by atoms with Crippen LogP contribution in [0.2, 0.25) is 0 Å². The Balaban J connectivity index is 2.20. The third-order valence-corrected chi connectivity index (χ3v) is 3.24. The van der Waals surface area contributed by atoms with E-state index < -0.39 is 11.4 Å². The van der Waals surface area contributed by atoms with Crippen LogP contribution < -0.4 is 0 Å². The van der Waals surface area contributed by atoms with Gasteiger partial charge in [-0.15, -0.1) is 0 Å². The van der Waals surface area contributed by atoms with E-state index in [9.17, 15) is 9.59 Å². The lowest BCUT2D eigenvalue weighted by Gasteiger charge is -2.32. The van der Waals surface area contributed by atoms with Gasteiger partial charge in [-0.2, -0.15) is 5.10 Å². The highest BCUT2D eigenvalue weighted by molar-refractivity contribution is 5.89. The lowest BCUT2D eigenvalue weighted by atomic mass is 9.93. The number of H-pyrrole nitrogens is 1. The van der Waals surface area contributed by atoms with Gasteiger partial charge in [-0.05, 0) is 6.42 Å². The zero-order valence-electron chi connectivity index (χ0n) is 11.7. The number of methoxy groups -OCH3 is 1. The number of esters is 1. The summed E-state index contributed by atoms with van der Waals surface area (Å²) in [6.07, 6.45) is 0.623. The number of hydrogen-bond acceptors (Lipinski definition) is 4. The largest absolute Gasteiger partial charge is 0.464 e. The van der Waals surface area contributed by atoms with Crippen LogP contribution in [0.25, 0.3) is 0 Å². The van der Waals surface area contributed by atoms with Gasteiger partial charge in [-0.1, -0.05) is 20.8 Å². The lowest BCUT2D eigenvalue weighted by molar-refractivity contribution is -0.140. The van der Waals surface area contributed by atoms with E-state index in [1.165, 1.54) is 7.11 Å². The number of rotatable bonds is 1. The molecule has 1 amide bonds. The minimum Gasteiger partial charge on any atom is -0.464 e. The van der Waals surface area contributed by atoms with Gasteiger partial charge in [0.25, 0.3) is 0 Å². The van der Waals surface area contributed by atoms with Crippen LogP contribution in [-0.4, -0.2) is 40.6 Å². The van der Waals surface area contributed by atoms with E-state index in [2.05, 4.69) is 14.9 Å². The first-order valence-corrected chi connectivity index (χ1v) is 6.28. The molecule has 0 aromatic carbocycles. The van der Waals surface area contributed by atoms with Gasteiger partial charge in [0.15, 0.2) is 5.69 Å². The van der Waals surface area contributed by atoms with Crippen molar-refractivity contribution in [1.29, 1.82) is 0 Å². The highest BCUT2D eigenvalue weighted by Crippen LogP contribution is 2.25. The summed E-state index contributed by atoms with van der Waals surface area (Å²) in [6, 6.07) is 0. The molecule has 0 unspecified atom stereocenters. The normalized spacial score (nSPS) is 15.1. The van der Waals surface area contributed by atoms with Gasteiger partial charge in [0.05, 0.1) is 19.3 Å². The molecule has 0 fully saturated rings. The van der Waals surface area contributed by atoms with Crippen molar-refractivity contribution in [1.82, 2.24) is 15.1 Å². The maximum absolute atomic E-state index is 12.2. The van der Waals surface area contributed by atoms with E-state index in [1.54, 1.807) is 4.90 Å². The first-order chi connectivity index (χ1) is 8.84. The third kappa shape index (κ3) is 2.47. The SMILES string of the molecule is COC(=O)c1n[nH]c2c1CCN(C(=O)C(C)(C)C)C2. The first-order valence-electron chi connectivity index (χ1n) is 6.28. The molecule has 19 heavy (non-hydrogen) atoms. The standard InChI is InChI=1S/C13H19N3O3/c1-13(2,3)12(18)16-6-5-8-9(7-16)14-15-10(8)11(17)19-4/h5-7H2,1-4H3,(H,14,15). The molecule has 1 aromatic rings. The van der Waals surface area contributed by atoms with Gasteiger partial charge < -0.3 is 9.64 Å². The Morgan fingerprint density at radius 3 is 2.63 bits per heavy atom. The molecule has 6 heteroatoms. The molecule has 1 aromatic heterocycles. The summed E-state index contributed by atoms with van der Waals surface area (Å²) in [4.78, 5) is 25.6. The van der Waals surface area contributed by atoms with Gasteiger partial charge in [-0.25, -0.2) is 4.79 Å². The zero-order chi connectivity index (χ0) is 14.2. The molecule has 1 N–H and O–H groups in total. The summed E-state index contributed by atoms with van der Waals surface area (Å²) in [7, 11) is 1.33. The number of aromatic nitrogens is 2. The number of carbonyl (C=O) groups is 2. The minimum absolute atomic E-state index is 0.104. The summed E-state index contributed by atoms with van der Waals surface area (Å²) in [5.41, 5.74) is 1.62. The van der Waals surface area contributed by atoms with E-state index in [0.29, 0.717) is 25.2 Å². The second-order valence-electron chi connectivity index (χ2n) is 5.75. The fourth-order valence-corrected chi connectivity index (χ4v) is 2.23. The number of fused-ring (bicyclic) bond motifs is 1. The highest BCUT2D eigenvalue weighted by Gasteiger charge is 2.32. The Bertz CT molecular complexity index is 514. The number of aromatic amines is 1. The predicted molar refractivity (Wildman–Crippen MR) is 68.5 cm³/mol. The molecule has 1 aliphatic heterocycles. The van der Waals surface area contributed by atoms with E-state index in [4.69, 9.17) is 0 Å². The van der Waals surface area contributed by atoms with Gasteiger partial charge >= 0.3 is 5.97 Å². The van der Waals surface area contributed by atoms with Crippen molar-refractivity contribution < 1.29 is 14.3 Å². The quantitative estimate of drug-likeness (QED) is 0.772. The van der Waals surface area contributed by atoms with Gasteiger partial charge in [0.2, 0.25) is 5.91 Å². The van der Waals surface area contributed by atoms with Crippen LogP contribution in [0.5, 0.6) is 0 Å². The molecule has 0 bridgehead atoms. The summed E-state index contributed by atoms with van der Waals surface area (Å²) in [5.74, 6) is -0.333. The van der Waals surface area contributed by atoms with Crippen molar-refractivity contribution >= 4 is 11.9 Å². The topological polar surface area (TPSA) is 75.3 Å². The molecule has 0 spiro atoms. The smallest absolute Gasteiger partial charge is 0.358 e. The van der Waals surface area contributed by atoms with Crippen molar-refractivity contribution in [2.75, 3.05) is 13.7 Å². The van der Waals surface area contributed by atoms with Crippen molar-refractivity contribution in [2.24, 2.45) is 5.41 Å². The van der Waals surface area contributed by atoms with Crippen molar-refractivity contribution in [3.8, 4) is 0 Å². The molecular weight excluding hydrogens is 246 g/mol. The van der Waals surface area contributed by atoms with Crippen LogP contribution in [0.4, 0.5) is 0 Å². The number of nitrogens with zero attached hydrogens (tertiary/aromatic N) is 2. The molecular formula is C13H19N3O3. The number of amides is 1. The molecule has 0 atom stereocenters. The summed E-state index contributed by atoms with van der Waals surface area (Å²) in [6.45, 7) is 6.77. The predicted octanol–water partition coefficient (Wildman–Crippen LogP) is 1.13. The lowest BCUT2D eigenvalue weighted by Crippen LogP contribution is -2.42. The van der Waals surface area contributed by atoms with Crippen LogP contribution >= 0.6 is 0 Å². The molecule has 1 aliphatic rings. The van der Waals surface area contributed by atoms with E-state index in [1.807, 2.05) is 20.8 Å². The van der Waals surface area contributed by atoms with Gasteiger partial charge in [-0.3, -0.25) is 9.89 Å². The molecule has 2 rings (SSSR count). The minimum atomic E-state index is -0.437. The molecule has 0 saturated heterocycles. The van der Waals surface area contributed by atoms with Crippen LogP contribution in [0.3, 0.4) is 0 Å². The van der Waals surface area contributed by atoms with E-state index in [-0.39, 0.29) is 5.91 Å². The van der Waals surface area contributed by atoms with Crippen LogP contribution in [0.15, 0.2) is 0 Å². The first kappa shape index (κ1) is 13.6. The average Bonchev–Trinajstić information content (AvgIpc) is 2.78. The Labute approximate surface area is 112 Å². The Hall–Kier alpha value is -1.85. The van der Waals surface area contributed by atoms with E-state index >= 15 is 0 Å². The average molecular weight is 265 g/mol. The Kier molecular flexibility index (Phi) is 3.34. The van der Waals surface area contributed by atoms with Gasteiger partial charge in [0.1, 0.15) is 0 Å². The van der Waals surface area contributed by atoms with Crippen molar-refractivity contribution in [2.45, 2.75) is 33.7 Å². The Morgan fingerprint density at radius 2 is 2.05 bits per heavy atom. The molecule has 6 nitrogen and oxygen atoms in total. The van der Waals surface area contributed by atoms with Crippen LogP contribution in [0, 0.1) is 5.41 Å². The van der Waals surface area contributed by atoms with Crippen LogP contribution in [0.1, 0.15) is 42.5 Å². The Morgan fingerprint density at radius 1 is 1.37 bits per heavy atom. The zero-order valence-corrected chi connectivity index (χ0v) is 11.7. The second kappa shape index (κ2) is 4.68. The summed E-state index contributed by atoms with van der Waals surface area (Å²) >= 11 is 0. The van der Waals surface area contributed by atoms with E-state index in [0.717, 1.165) is 11.3 Å². The van der Waals surface area contributed by atoms with Crippen molar-refractivity contribution in [3.63, 3.8) is 0 Å². The fraction of sp³-hybridized carbons (Fsp3) is 0.615. The third-order valence-electron chi connectivity index (χ3n) is 3.24. The number of nitrogens with one attached hydrogen (secondary N) is 1. The molecule has 2 heterocycles. The molecule has 0 saturated carbocycles. The number of hydrogen-bond donors (Lipinski definition) is 1. The fourth-order valence-electron chi connectivity index (χ4n) is 2.23. The van der Waals surface area contributed by atoms with Gasteiger partial charge in [0, 0.05) is 17.5 Å². The summed E-state index contributed by atoms with van der Waals surface area (Å²) < 4.78 is 4.69. The monoisotopic (exact) mass is 265 g/mol. The number of carbonyl (C=O) groups excluding carboxylic acids is 2. The summed E-state index contributed by atoms with van der Waals surface area (Å²) in [5, 5.41) is 6.82. The molecule has 0 radical (unpaired) electrons. The van der Waals surface area contributed by atoms with Crippen LogP contribution in [-0.2, 0) is 22.5 Å².